The summed E-state index contributed by atoms with van der Waals surface area (Å²) in [4.78, 5) is 22.2. The predicted molar refractivity (Wildman–Crippen MR) is 77.9 cm³/mol. The Balaban J connectivity index is 2.02. The molecular formula is C14H16N4O3. The predicted octanol–water partition coefficient (Wildman–Crippen LogP) is 2.37. The molecule has 0 aliphatic rings. The Hall–Kier alpha value is -2.70. The number of anilines is 1. The Morgan fingerprint density at radius 1 is 1.43 bits per heavy atom. The second-order valence-electron chi connectivity index (χ2n) is 4.84. The molecule has 21 heavy (non-hydrogen) atoms. The minimum absolute atomic E-state index is 0.154. The number of hydrogen-bond acceptors (Lipinski definition) is 4. The summed E-state index contributed by atoms with van der Waals surface area (Å²) in [5, 5.41) is 17.4. The highest BCUT2D eigenvalue weighted by atomic mass is 16.6. The van der Waals surface area contributed by atoms with E-state index in [9.17, 15) is 14.9 Å². The fraction of sp³-hybridized carbons (Fsp3) is 0.286. The molecule has 0 bridgehead atoms. The van der Waals surface area contributed by atoms with Gasteiger partial charge in [0.15, 0.2) is 0 Å². The van der Waals surface area contributed by atoms with Gasteiger partial charge in [-0.25, -0.2) is 0 Å². The Kier molecular flexibility index (Phi) is 4.32. The number of carbonyl (C=O) groups excluding carboxylic acids is 1. The maximum absolute atomic E-state index is 12.1. The number of para-hydroxylation sites is 1. The molecule has 1 N–H and O–H groups in total. The van der Waals surface area contributed by atoms with Gasteiger partial charge in [0.05, 0.1) is 29.3 Å². The van der Waals surface area contributed by atoms with E-state index < -0.39 is 4.92 Å². The van der Waals surface area contributed by atoms with Crippen LogP contribution in [0.25, 0.3) is 0 Å². The van der Waals surface area contributed by atoms with Crippen molar-refractivity contribution in [2.24, 2.45) is 5.92 Å². The number of nitrogens with one attached hydrogen (secondary N) is 1. The molecule has 1 aromatic heterocycles. The molecule has 1 unspecified atom stereocenters. The molecule has 7 nitrogen and oxygen atoms in total. The van der Waals surface area contributed by atoms with E-state index in [1.165, 1.54) is 10.7 Å². The van der Waals surface area contributed by atoms with Crippen molar-refractivity contribution in [2.45, 2.75) is 20.4 Å². The normalized spacial score (nSPS) is 11.9. The van der Waals surface area contributed by atoms with Gasteiger partial charge < -0.3 is 15.4 Å². The van der Waals surface area contributed by atoms with Crippen molar-refractivity contribution in [3.63, 3.8) is 0 Å². The Morgan fingerprint density at radius 3 is 2.67 bits per heavy atom. The van der Waals surface area contributed by atoms with Crippen LogP contribution in [0.15, 0.2) is 36.4 Å². The SMILES string of the molecule is Cc1cc([N+](=O)[O-])nn1CC(C)C(=O)Nc1ccccc1. The van der Waals surface area contributed by atoms with Crippen molar-refractivity contribution >= 4 is 17.4 Å². The Labute approximate surface area is 121 Å². The lowest BCUT2D eigenvalue weighted by Gasteiger charge is -2.11. The van der Waals surface area contributed by atoms with E-state index >= 15 is 0 Å². The van der Waals surface area contributed by atoms with Gasteiger partial charge in [-0.1, -0.05) is 25.1 Å². The highest BCUT2D eigenvalue weighted by Crippen LogP contribution is 2.14. The van der Waals surface area contributed by atoms with Gasteiger partial charge in [-0.3, -0.25) is 4.79 Å². The third-order valence-electron chi connectivity index (χ3n) is 3.09. The Bertz CT molecular complexity index is 651. The summed E-state index contributed by atoms with van der Waals surface area (Å²) in [5.74, 6) is -0.717. The van der Waals surface area contributed by atoms with Crippen LogP contribution in [0.5, 0.6) is 0 Å². The number of amides is 1. The van der Waals surface area contributed by atoms with Gasteiger partial charge in [-0.15, -0.1) is 0 Å². The fourth-order valence-corrected chi connectivity index (χ4v) is 1.90. The first-order valence-corrected chi connectivity index (χ1v) is 6.52. The fourth-order valence-electron chi connectivity index (χ4n) is 1.90. The molecule has 1 aromatic carbocycles. The molecular weight excluding hydrogens is 272 g/mol. The molecule has 0 fully saturated rings. The van der Waals surface area contributed by atoms with E-state index in [2.05, 4.69) is 10.4 Å². The Morgan fingerprint density at radius 2 is 2.10 bits per heavy atom. The summed E-state index contributed by atoms with van der Waals surface area (Å²) in [6, 6.07) is 10.5. The van der Waals surface area contributed by atoms with Crippen LogP contribution in [0.2, 0.25) is 0 Å². The van der Waals surface area contributed by atoms with Gasteiger partial charge in [0.1, 0.15) is 0 Å². The molecule has 0 aliphatic heterocycles. The molecule has 1 atom stereocenters. The van der Waals surface area contributed by atoms with E-state index in [1.807, 2.05) is 18.2 Å². The second kappa shape index (κ2) is 6.17. The minimum atomic E-state index is -0.543. The van der Waals surface area contributed by atoms with E-state index in [-0.39, 0.29) is 17.6 Å². The summed E-state index contributed by atoms with van der Waals surface area (Å²) in [5.41, 5.74) is 1.37. The summed E-state index contributed by atoms with van der Waals surface area (Å²) in [6.45, 7) is 3.77. The van der Waals surface area contributed by atoms with Crippen LogP contribution in [0.3, 0.4) is 0 Å². The van der Waals surface area contributed by atoms with Crippen LogP contribution in [-0.2, 0) is 11.3 Å². The van der Waals surface area contributed by atoms with E-state index in [0.717, 1.165) is 5.69 Å². The van der Waals surface area contributed by atoms with Crippen LogP contribution in [0.4, 0.5) is 11.5 Å². The van der Waals surface area contributed by atoms with Gasteiger partial charge in [-0.05, 0) is 24.0 Å². The highest BCUT2D eigenvalue weighted by molar-refractivity contribution is 5.92. The number of nitro groups is 1. The molecule has 1 heterocycles. The lowest BCUT2D eigenvalue weighted by molar-refractivity contribution is -0.389. The zero-order chi connectivity index (χ0) is 15.4. The average Bonchev–Trinajstić information content (AvgIpc) is 2.81. The summed E-state index contributed by atoms with van der Waals surface area (Å²) in [7, 11) is 0. The van der Waals surface area contributed by atoms with Crippen molar-refractivity contribution in [2.75, 3.05) is 5.32 Å². The number of aryl methyl sites for hydroxylation is 1. The molecule has 2 aromatic rings. The smallest absolute Gasteiger partial charge is 0.358 e. The quantitative estimate of drug-likeness (QED) is 0.675. The van der Waals surface area contributed by atoms with Gasteiger partial charge in [0, 0.05) is 5.69 Å². The van der Waals surface area contributed by atoms with Crippen molar-refractivity contribution in [3.8, 4) is 0 Å². The molecule has 7 heteroatoms. The summed E-state index contributed by atoms with van der Waals surface area (Å²) < 4.78 is 1.48. The topological polar surface area (TPSA) is 90.1 Å². The molecule has 0 radical (unpaired) electrons. The van der Waals surface area contributed by atoms with Crippen LogP contribution in [0, 0.1) is 23.0 Å². The summed E-state index contributed by atoms with van der Waals surface area (Å²) >= 11 is 0. The van der Waals surface area contributed by atoms with Crippen molar-refractivity contribution in [3.05, 3.63) is 52.2 Å². The molecule has 2 rings (SSSR count). The number of hydrogen-bond donors (Lipinski definition) is 1. The number of benzene rings is 1. The second-order valence-corrected chi connectivity index (χ2v) is 4.84. The van der Waals surface area contributed by atoms with Crippen molar-refractivity contribution in [1.29, 1.82) is 0 Å². The van der Waals surface area contributed by atoms with Crippen molar-refractivity contribution < 1.29 is 9.72 Å². The van der Waals surface area contributed by atoms with E-state index in [4.69, 9.17) is 0 Å². The number of rotatable bonds is 5. The monoisotopic (exact) mass is 288 g/mol. The zero-order valence-electron chi connectivity index (χ0n) is 11.8. The minimum Gasteiger partial charge on any atom is -0.358 e. The number of carbonyl (C=O) groups is 1. The number of nitrogens with zero attached hydrogens (tertiary/aromatic N) is 3. The van der Waals surface area contributed by atoms with Crippen LogP contribution >= 0.6 is 0 Å². The van der Waals surface area contributed by atoms with Gasteiger partial charge in [0.25, 0.3) is 0 Å². The lowest BCUT2D eigenvalue weighted by Crippen LogP contribution is -2.25. The van der Waals surface area contributed by atoms with E-state index in [1.54, 1.807) is 26.0 Å². The zero-order valence-corrected chi connectivity index (χ0v) is 11.8. The van der Waals surface area contributed by atoms with E-state index in [0.29, 0.717) is 12.2 Å². The first-order valence-electron chi connectivity index (χ1n) is 6.52. The van der Waals surface area contributed by atoms with Gasteiger partial charge in [-0.2, -0.15) is 4.68 Å². The maximum Gasteiger partial charge on any atom is 0.390 e. The third-order valence-corrected chi connectivity index (χ3v) is 3.09. The molecule has 110 valence electrons. The van der Waals surface area contributed by atoms with Crippen LogP contribution in [0.1, 0.15) is 12.6 Å². The summed E-state index contributed by atoms with van der Waals surface area (Å²) in [6.07, 6.45) is 0. The first kappa shape index (κ1) is 14.7. The maximum atomic E-state index is 12.1. The van der Waals surface area contributed by atoms with Gasteiger partial charge in [0.2, 0.25) is 5.91 Å². The number of aromatic nitrogens is 2. The molecule has 0 saturated carbocycles. The van der Waals surface area contributed by atoms with Crippen LogP contribution < -0.4 is 5.32 Å². The third kappa shape index (κ3) is 3.65. The molecule has 1 amide bonds. The highest BCUT2D eigenvalue weighted by Gasteiger charge is 2.20. The van der Waals surface area contributed by atoms with Crippen molar-refractivity contribution in [1.82, 2.24) is 9.78 Å². The standard InChI is InChI=1S/C14H16N4O3/c1-10(14(19)15-12-6-4-3-5-7-12)9-17-11(2)8-13(16-17)18(20)21/h3-8,10H,9H2,1-2H3,(H,15,19). The molecule has 0 aliphatic carbocycles. The lowest BCUT2D eigenvalue weighted by atomic mass is 10.1. The molecule has 0 spiro atoms. The molecule has 0 saturated heterocycles. The average molecular weight is 288 g/mol. The van der Waals surface area contributed by atoms with Gasteiger partial charge >= 0.3 is 5.82 Å². The first-order chi connectivity index (χ1) is 9.97. The van der Waals surface area contributed by atoms with Crippen LogP contribution in [-0.4, -0.2) is 20.6 Å². The largest absolute Gasteiger partial charge is 0.390 e.